The second-order valence-corrected chi connectivity index (χ2v) is 5.31. The normalized spacial score (nSPS) is 18.2. The van der Waals surface area contributed by atoms with Gasteiger partial charge in [0.05, 0.1) is 6.67 Å². The monoisotopic (exact) mass is 338 g/mol. The molecule has 1 saturated heterocycles. The van der Waals surface area contributed by atoms with Crippen LogP contribution in [0.3, 0.4) is 0 Å². The van der Waals surface area contributed by atoms with E-state index in [4.69, 9.17) is 0 Å². The number of hydrogen-bond donors (Lipinski definition) is 1. The molecule has 130 valence electrons. The maximum atomic E-state index is 12.9. The molecule has 1 N–H and O–H groups in total. The van der Waals surface area contributed by atoms with Crippen LogP contribution in [-0.4, -0.2) is 50.3 Å². The van der Waals surface area contributed by atoms with Gasteiger partial charge in [0.2, 0.25) is 0 Å². The summed E-state index contributed by atoms with van der Waals surface area (Å²) in [6, 6.07) is 5.27. The smallest absolute Gasteiger partial charge is 0.428 e. The first-order valence-corrected chi connectivity index (χ1v) is 7.39. The van der Waals surface area contributed by atoms with Crippen LogP contribution in [0.25, 0.3) is 0 Å². The van der Waals surface area contributed by atoms with Gasteiger partial charge in [0.25, 0.3) is 0 Å². The lowest BCUT2D eigenvalue weighted by Gasteiger charge is -2.35. The number of benzene rings is 1. The molecular weight excluding hydrogens is 319 g/mol. The fourth-order valence-electron chi connectivity index (χ4n) is 2.62. The van der Waals surface area contributed by atoms with Crippen molar-refractivity contribution < 1.29 is 26.7 Å². The van der Waals surface area contributed by atoms with Crippen LogP contribution in [0.1, 0.15) is 18.0 Å². The molecule has 0 saturated carbocycles. The fourth-order valence-corrected chi connectivity index (χ4v) is 2.62. The van der Waals surface area contributed by atoms with Gasteiger partial charge in [-0.25, -0.2) is 0 Å². The summed E-state index contributed by atoms with van der Waals surface area (Å²) >= 11 is 0. The minimum absolute atomic E-state index is 0.174. The number of alkyl halides is 5. The van der Waals surface area contributed by atoms with E-state index in [9.17, 15) is 22.0 Å². The Kier molecular flexibility index (Phi) is 6.17. The predicted octanol–water partition coefficient (Wildman–Crippen LogP) is 3.23. The van der Waals surface area contributed by atoms with Crippen LogP contribution < -0.4 is 10.1 Å². The van der Waals surface area contributed by atoms with Crippen molar-refractivity contribution in [2.45, 2.75) is 25.0 Å². The van der Waals surface area contributed by atoms with Crippen molar-refractivity contribution >= 4 is 0 Å². The van der Waals surface area contributed by atoms with Gasteiger partial charge in [0, 0.05) is 32.2 Å². The summed E-state index contributed by atoms with van der Waals surface area (Å²) in [6.45, 7) is 2.60. The Hall–Kier alpha value is -1.41. The van der Waals surface area contributed by atoms with Crippen molar-refractivity contribution in [2.75, 3.05) is 32.9 Å². The molecule has 1 atom stereocenters. The molecule has 1 aliphatic heterocycles. The number of halogens is 5. The summed E-state index contributed by atoms with van der Waals surface area (Å²) in [5.41, 5.74) is 0.747. The van der Waals surface area contributed by atoms with Crippen molar-refractivity contribution in [3.8, 4) is 5.75 Å². The molecule has 1 aromatic rings. The third-order valence-corrected chi connectivity index (χ3v) is 3.75. The first kappa shape index (κ1) is 17.9. The van der Waals surface area contributed by atoms with Crippen LogP contribution in [0, 0.1) is 0 Å². The summed E-state index contributed by atoms with van der Waals surface area (Å²) in [5.74, 6) is -0.349. The summed E-state index contributed by atoms with van der Waals surface area (Å²) in [5, 5.41) is 3.20. The van der Waals surface area contributed by atoms with Gasteiger partial charge in [0.15, 0.2) is 0 Å². The maximum absolute atomic E-state index is 12.9. The Bertz CT molecular complexity index is 477. The highest BCUT2D eigenvalue weighted by Gasteiger charge is 2.43. The molecule has 1 aromatic carbocycles. The summed E-state index contributed by atoms with van der Waals surface area (Å²) in [7, 11) is 0. The number of nitrogens with one attached hydrogen (secondary N) is 1. The first-order valence-electron chi connectivity index (χ1n) is 7.39. The molecule has 1 fully saturated rings. The third-order valence-electron chi connectivity index (χ3n) is 3.75. The lowest BCUT2D eigenvalue weighted by atomic mass is 10.0. The quantitative estimate of drug-likeness (QED) is 0.773. The number of ether oxygens (including phenoxy) is 1. The van der Waals surface area contributed by atoms with Crippen molar-refractivity contribution in [1.29, 1.82) is 0 Å². The molecule has 0 aromatic heterocycles. The summed E-state index contributed by atoms with van der Waals surface area (Å²) in [4.78, 5) is 2.11. The SMILES string of the molecule is FCC[C@@H](c1ccc(OC(F)(F)C(F)F)cc1)N1CCNCC1. The average Bonchev–Trinajstić information content (AvgIpc) is 2.54. The fraction of sp³-hybridized carbons (Fsp3) is 0.600. The van der Waals surface area contributed by atoms with Crippen molar-refractivity contribution in [1.82, 2.24) is 10.2 Å². The Morgan fingerprint density at radius 1 is 1.13 bits per heavy atom. The highest BCUT2D eigenvalue weighted by Crippen LogP contribution is 2.30. The predicted molar refractivity (Wildman–Crippen MR) is 75.8 cm³/mol. The second kappa shape index (κ2) is 7.92. The van der Waals surface area contributed by atoms with E-state index in [1.807, 2.05) is 0 Å². The molecule has 1 aliphatic rings. The van der Waals surface area contributed by atoms with Gasteiger partial charge >= 0.3 is 12.5 Å². The van der Waals surface area contributed by atoms with E-state index in [0.29, 0.717) is 0 Å². The van der Waals surface area contributed by atoms with Gasteiger partial charge < -0.3 is 10.1 Å². The largest absolute Gasteiger partial charge is 0.461 e. The van der Waals surface area contributed by atoms with Gasteiger partial charge in [-0.1, -0.05) is 12.1 Å². The van der Waals surface area contributed by atoms with E-state index in [1.165, 1.54) is 24.3 Å². The van der Waals surface area contributed by atoms with Gasteiger partial charge in [-0.3, -0.25) is 9.29 Å². The Balaban J connectivity index is 2.09. The molecule has 0 aliphatic carbocycles. The van der Waals surface area contributed by atoms with E-state index < -0.39 is 19.2 Å². The summed E-state index contributed by atoms with van der Waals surface area (Å²) < 4.78 is 66.8. The molecule has 1 heterocycles. The van der Waals surface area contributed by atoms with Crippen LogP contribution in [0.15, 0.2) is 24.3 Å². The second-order valence-electron chi connectivity index (χ2n) is 5.31. The van der Waals surface area contributed by atoms with E-state index in [-0.39, 0.29) is 18.2 Å². The minimum atomic E-state index is -4.53. The molecule has 3 nitrogen and oxygen atoms in total. The molecule has 8 heteroatoms. The number of nitrogens with zero attached hydrogens (tertiary/aromatic N) is 1. The lowest BCUT2D eigenvalue weighted by molar-refractivity contribution is -0.253. The number of piperazine rings is 1. The third kappa shape index (κ3) is 4.78. The number of hydrogen-bond acceptors (Lipinski definition) is 3. The molecule has 0 unspecified atom stereocenters. The maximum Gasteiger partial charge on any atom is 0.461 e. The zero-order chi connectivity index (χ0) is 16.9. The Morgan fingerprint density at radius 2 is 1.74 bits per heavy atom. The average molecular weight is 338 g/mol. The van der Waals surface area contributed by atoms with Gasteiger partial charge in [-0.05, 0) is 24.1 Å². The highest BCUT2D eigenvalue weighted by molar-refractivity contribution is 5.29. The first-order chi connectivity index (χ1) is 10.9. The Morgan fingerprint density at radius 3 is 2.26 bits per heavy atom. The molecule has 23 heavy (non-hydrogen) atoms. The van der Waals surface area contributed by atoms with Crippen LogP contribution in [0.4, 0.5) is 22.0 Å². The van der Waals surface area contributed by atoms with E-state index >= 15 is 0 Å². The van der Waals surface area contributed by atoms with Crippen LogP contribution in [-0.2, 0) is 0 Å². The van der Waals surface area contributed by atoms with Gasteiger partial charge in [-0.15, -0.1) is 0 Å². The molecule has 0 amide bonds. The van der Waals surface area contributed by atoms with E-state index in [2.05, 4.69) is 15.0 Å². The standard InChI is InChI=1S/C15H19F5N2O/c16-6-5-13(22-9-7-21-8-10-22)11-1-3-12(4-2-11)23-15(19,20)14(17)18/h1-4,13-14,21H,5-10H2/t13-/m0/s1. The Labute approximate surface area is 131 Å². The molecule has 0 radical (unpaired) electrons. The van der Waals surface area contributed by atoms with Gasteiger partial charge in [0.1, 0.15) is 5.75 Å². The lowest BCUT2D eigenvalue weighted by Crippen LogP contribution is -2.45. The van der Waals surface area contributed by atoms with Gasteiger partial charge in [-0.2, -0.15) is 17.6 Å². The van der Waals surface area contributed by atoms with Crippen molar-refractivity contribution in [3.05, 3.63) is 29.8 Å². The van der Waals surface area contributed by atoms with E-state index in [1.54, 1.807) is 0 Å². The van der Waals surface area contributed by atoms with Crippen molar-refractivity contribution in [2.24, 2.45) is 0 Å². The number of rotatable bonds is 7. The zero-order valence-corrected chi connectivity index (χ0v) is 12.5. The zero-order valence-electron chi connectivity index (χ0n) is 12.5. The van der Waals surface area contributed by atoms with Crippen molar-refractivity contribution in [3.63, 3.8) is 0 Å². The van der Waals surface area contributed by atoms with E-state index in [0.717, 1.165) is 31.7 Å². The highest BCUT2D eigenvalue weighted by atomic mass is 19.3. The molecule has 0 bridgehead atoms. The molecular formula is C15H19F5N2O. The van der Waals surface area contributed by atoms with Crippen LogP contribution in [0.5, 0.6) is 5.75 Å². The molecule has 2 rings (SSSR count). The minimum Gasteiger partial charge on any atom is -0.428 e. The molecule has 0 spiro atoms. The van der Waals surface area contributed by atoms with Crippen LogP contribution in [0.2, 0.25) is 0 Å². The summed E-state index contributed by atoms with van der Waals surface area (Å²) in [6.07, 6.45) is -8.14. The topological polar surface area (TPSA) is 24.5 Å². The van der Waals surface area contributed by atoms with Crippen LogP contribution >= 0.6 is 0 Å².